The predicted molar refractivity (Wildman–Crippen MR) is 132 cm³/mol. The molecule has 35 heavy (non-hydrogen) atoms. The zero-order valence-corrected chi connectivity index (χ0v) is 21.4. The topological polar surface area (TPSA) is 79.3 Å². The molecule has 1 heterocycles. The smallest absolute Gasteiger partial charge is 0.247 e. The van der Waals surface area contributed by atoms with Crippen LogP contribution < -0.4 is 4.74 Å². The van der Waals surface area contributed by atoms with Crippen LogP contribution in [-0.2, 0) is 21.3 Å². The Morgan fingerprint density at radius 1 is 1.31 bits per heavy atom. The predicted octanol–water partition coefficient (Wildman–Crippen LogP) is 2.72. The Balaban J connectivity index is 1.97. The van der Waals surface area contributed by atoms with Crippen LogP contribution in [0, 0.1) is 23.6 Å². The van der Waals surface area contributed by atoms with Gasteiger partial charge in [-0.05, 0) is 38.2 Å². The second-order valence-corrected chi connectivity index (χ2v) is 10.8. The molecule has 0 amide bonds. The van der Waals surface area contributed by atoms with Crippen LogP contribution in [-0.4, -0.2) is 75.3 Å². The number of hydrogen-bond acceptors (Lipinski definition) is 6. The van der Waals surface area contributed by atoms with Crippen LogP contribution in [0.25, 0.3) is 0 Å². The number of sulfonamides is 1. The van der Waals surface area contributed by atoms with Crippen molar-refractivity contribution in [3.63, 3.8) is 0 Å². The molecule has 0 aliphatic carbocycles. The second kappa shape index (κ2) is 12.0. The van der Waals surface area contributed by atoms with Crippen LogP contribution in [0.2, 0.25) is 0 Å². The lowest BCUT2D eigenvalue weighted by molar-refractivity contribution is 0.0731. The fourth-order valence-corrected chi connectivity index (χ4v) is 5.85. The number of fused-ring (bicyclic) bond motifs is 1. The standard InChI is InChI=1S/C26H33FN2O5S/c1-19-15-29(20(2)18-30)35(31,32)26-12-11-21(8-7-13-33-4)14-24(26)34-25(19)17-28(3)16-22-9-5-6-10-23(22)27/h5-6,9-12,14,19-20,25,30H,13,15-18H2,1-4H3/t19-,20+,25+/m1/s1. The van der Waals surface area contributed by atoms with E-state index in [2.05, 4.69) is 11.8 Å². The van der Waals surface area contributed by atoms with Gasteiger partial charge in [-0.15, -0.1) is 0 Å². The van der Waals surface area contributed by atoms with Gasteiger partial charge in [-0.3, -0.25) is 4.90 Å². The van der Waals surface area contributed by atoms with Crippen molar-refractivity contribution in [1.82, 2.24) is 9.21 Å². The van der Waals surface area contributed by atoms with Gasteiger partial charge in [0.15, 0.2) is 0 Å². The van der Waals surface area contributed by atoms with Gasteiger partial charge in [-0.1, -0.05) is 37.0 Å². The number of hydrogen-bond donors (Lipinski definition) is 1. The Hall–Kier alpha value is -2.48. The van der Waals surface area contributed by atoms with Gasteiger partial charge in [0.1, 0.15) is 29.2 Å². The SMILES string of the molecule is COCC#Cc1ccc2c(c1)O[C@@H](CN(C)Cc1ccccc1F)[C@H](C)CN([C@@H](C)CO)S2(=O)=O. The van der Waals surface area contributed by atoms with Crippen molar-refractivity contribution in [2.45, 2.75) is 37.4 Å². The van der Waals surface area contributed by atoms with Crippen molar-refractivity contribution in [3.8, 4) is 17.6 Å². The number of ether oxygens (including phenoxy) is 2. The third-order valence-electron chi connectivity index (χ3n) is 6.01. The number of halogens is 1. The summed E-state index contributed by atoms with van der Waals surface area (Å²) in [5.41, 5.74) is 1.17. The number of rotatable bonds is 7. The van der Waals surface area contributed by atoms with Crippen LogP contribution in [0.5, 0.6) is 5.75 Å². The van der Waals surface area contributed by atoms with Gasteiger partial charge in [0.2, 0.25) is 10.0 Å². The molecule has 0 unspecified atom stereocenters. The summed E-state index contributed by atoms with van der Waals surface area (Å²) < 4.78 is 53.9. The summed E-state index contributed by atoms with van der Waals surface area (Å²) in [6.07, 6.45) is -0.392. The molecule has 3 atom stereocenters. The first kappa shape index (κ1) is 27.1. The maximum Gasteiger partial charge on any atom is 0.247 e. The highest BCUT2D eigenvalue weighted by atomic mass is 32.2. The van der Waals surface area contributed by atoms with Crippen LogP contribution in [0.4, 0.5) is 4.39 Å². The van der Waals surface area contributed by atoms with E-state index in [1.54, 1.807) is 44.4 Å². The largest absolute Gasteiger partial charge is 0.487 e. The van der Waals surface area contributed by atoms with Crippen LogP contribution in [0.1, 0.15) is 25.0 Å². The molecule has 2 aromatic carbocycles. The van der Waals surface area contributed by atoms with Crippen LogP contribution in [0.3, 0.4) is 0 Å². The molecule has 0 saturated heterocycles. The fourth-order valence-electron chi connectivity index (χ4n) is 4.02. The molecular formula is C26H33FN2O5S. The molecule has 7 nitrogen and oxygen atoms in total. The van der Waals surface area contributed by atoms with Gasteiger partial charge in [0, 0.05) is 49.8 Å². The number of benzene rings is 2. The van der Waals surface area contributed by atoms with Gasteiger partial charge in [-0.25, -0.2) is 12.8 Å². The van der Waals surface area contributed by atoms with Gasteiger partial charge in [-0.2, -0.15) is 4.31 Å². The third kappa shape index (κ3) is 6.60. The lowest BCUT2D eigenvalue weighted by Crippen LogP contribution is -2.49. The monoisotopic (exact) mass is 504 g/mol. The molecule has 1 aliphatic heterocycles. The van der Waals surface area contributed by atoms with Gasteiger partial charge in [0.05, 0.1) is 6.61 Å². The van der Waals surface area contributed by atoms with E-state index in [0.29, 0.717) is 24.2 Å². The van der Waals surface area contributed by atoms with Gasteiger partial charge in [0.25, 0.3) is 0 Å². The summed E-state index contributed by atoms with van der Waals surface area (Å²) in [4.78, 5) is 1.99. The highest BCUT2D eigenvalue weighted by Gasteiger charge is 2.38. The van der Waals surface area contributed by atoms with E-state index >= 15 is 0 Å². The summed E-state index contributed by atoms with van der Waals surface area (Å²) in [5.74, 6) is 5.54. The van der Waals surface area contributed by atoms with Gasteiger partial charge < -0.3 is 14.6 Å². The highest BCUT2D eigenvalue weighted by molar-refractivity contribution is 7.89. The molecule has 0 fully saturated rings. The summed E-state index contributed by atoms with van der Waals surface area (Å²) in [7, 11) is -0.501. The van der Waals surface area contributed by atoms with E-state index < -0.39 is 22.2 Å². The normalized spacial score (nSPS) is 20.7. The Labute approximate surface area is 207 Å². The van der Waals surface area contributed by atoms with E-state index in [0.717, 1.165) is 0 Å². The molecule has 190 valence electrons. The summed E-state index contributed by atoms with van der Waals surface area (Å²) in [6, 6.07) is 10.8. The Morgan fingerprint density at radius 3 is 2.74 bits per heavy atom. The number of methoxy groups -OCH3 is 1. The Bertz CT molecular complexity index is 1180. The molecule has 2 aromatic rings. The van der Waals surface area contributed by atoms with E-state index in [-0.39, 0.29) is 42.1 Å². The summed E-state index contributed by atoms with van der Waals surface area (Å²) >= 11 is 0. The molecule has 1 aliphatic rings. The van der Waals surface area contributed by atoms with Crippen molar-refractivity contribution in [1.29, 1.82) is 0 Å². The molecule has 3 rings (SSSR count). The minimum Gasteiger partial charge on any atom is -0.487 e. The average Bonchev–Trinajstić information content (AvgIpc) is 2.82. The molecule has 0 aromatic heterocycles. The minimum atomic E-state index is -3.92. The quantitative estimate of drug-likeness (QED) is 0.585. The summed E-state index contributed by atoms with van der Waals surface area (Å²) in [6.45, 7) is 4.54. The number of aliphatic hydroxyl groups is 1. The lowest BCUT2D eigenvalue weighted by atomic mass is 10.0. The van der Waals surface area contributed by atoms with Crippen molar-refractivity contribution in [2.24, 2.45) is 5.92 Å². The van der Waals surface area contributed by atoms with Crippen molar-refractivity contribution in [3.05, 3.63) is 59.4 Å². The molecule has 0 saturated carbocycles. The maximum absolute atomic E-state index is 14.2. The van der Waals surface area contributed by atoms with Crippen molar-refractivity contribution in [2.75, 3.05) is 40.5 Å². The molecule has 0 bridgehead atoms. The highest BCUT2D eigenvalue weighted by Crippen LogP contribution is 2.34. The second-order valence-electron chi connectivity index (χ2n) is 8.92. The van der Waals surface area contributed by atoms with Crippen LogP contribution in [0.15, 0.2) is 47.4 Å². The molecule has 1 N–H and O–H groups in total. The number of aliphatic hydroxyl groups excluding tert-OH is 1. The zero-order chi connectivity index (χ0) is 25.6. The first-order valence-corrected chi connectivity index (χ1v) is 12.9. The third-order valence-corrected chi connectivity index (χ3v) is 8.03. The molecule has 9 heteroatoms. The molecule has 0 spiro atoms. The average molecular weight is 505 g/mol. The van der Waals surface area contributed by atoms with E-state index in [9.17, 15) is 17.9 Å². The molecule has 0 radical (unpaired) electrons. The van der Waals surface area contributed by atoms with Crippen molar-refractivity contribution < 1.29 is 27.4 Å². The van der Waals surface area contributed by atoms with Gasteiger partial charge >= 0.3 is 0 Å². The summed E-state index contributed by atoms with van der Waals surface area (Å²) in [5, 5.41) is 9.77. The van der Waals surface area contributed by atoms with E-state index in [4.69, 9.17) is 9.47 Å². The minimum absolute atomic E-state index is 0.0312. The van der Waals surface area contributed by atoms with Crippen LogP contribution >= 0.6 is 0 Å². The molecular weight excluding hydrogens is 471 g/mol. The lowest BCUT2D eigenvalue weighted by Gasteiger charge is -2.37. The zero-order valence-electron chi connectivity index (χ0n) is 20.6. The van der Waals surface area contributed by atoms with Crippen molar-refractivity contribution >= 4 is 10.0 Å². The Morgan fingerprint density at radius 2 is 2.06 bits per heavy atom. The van der Waals surface area contributed by atoms with E-state index in [1.807, 2.05) is 18.9 Å². The van der Waals surface area contributed by atoms with E-state index in [1.165, 1.54) is 16.4 Å². The fraction of sp³-hybridized carbons (Fsp3) is 0.462. The number of likely N-dealkylation sites (N-methyl/N-ethyl adjacent to an activating group) is 1. The maximum atomic E-state index is 14.2. The first-order chi connectivity index (χ1) is 16.7. The number of nitrogens with zero attached hydrogens (tertiary/aromatic N) is 2. The first-order valence-electron chi connectivity index (χ1n) is 11.5. The Kier molecular flexibility index (Phi) is 9.27.